The van der Waals surface area contributed by atoms with Gasteiger partial charge in [0.05, 0.1) is 5.69 Å². The van der Waals surface area contributed by atoms with Gasteiger partial charge in [0.25, 0.3) is 5.91 Å². The van der Waals surface area contributed by atoms with Crippen LogP contribution in [0.15, 0.2) is 36.5 Å². The van der Waals surface area contributed by atoms with E-state index >= 15 is 0 Å². The van der Waals surface area contributed by atoms with E-state index < -0.39 is 5.82 Å². The van der Waals surface area contributed by atoms with E-state index in [4.69, 9.17) is 11.6 Å². The van der Waals surface area contributed by atoms with Crippen LogP contribution in [0.2, 0.25) is 5.02 Å². The maximum absolute atomic E-state index is 13.4. The molecule has 6 heteroatoms. The molecule has 2 heterocycles. The highest BCUT2D eigenvalue weighted by Crippen LogP contribution is 2.24. The molecule has 0 aliphatic heterocycles. The van der Waals surface area contributed by atoms with E-state index in [9.17, 15) is 9.18 Å². The highest BCUT2D eigenvalue weighted by Gasteiger charge is 2.18. The maximum Gasteiger partial charge on any atom is 0.274 e. The number of imidazole rings is 1. The van der Waals surface area contributed by atoms with Crippen LogP contribution in [0.3, 0.4) is 0 Å². The molecule has 0 atom stereocenters. The molecule has 4 nitrogen and oxygen atoms in total. The molecular weight excluding hydrogens is 305 g/mol. The van der Waals surface area contributed by atoms with Crippen molar-refractivity contribution in [2.75, 3.05) is 5.32 Å². The number of nitrogens with one attached hydrogen (secondary N) is 1. The Labute approximate surface area is 131 Å². The molecule has 1 amide bonds. The first-order valence-corrected chi connectivity index (χ1v) is 7.06. The summed E-state index contributed by atoms with van der Waals surface area (Å²) in [5.74, 6) is -0.793. The number of hydrogen-bond acceptors (Lipinski definition) is 2. The summed E-state index contributed by atoms with van der Waals surface area (Å²) in [4.78, 5) is 16.8. The van der Waals surface area contributed by atoms with Gasteiger partial charge in [-0.1, -0.05) is 17.7 Å². The van der Waals surface area contributed by atoms with Crippen molar-refractivity contribution in [2.24, 2.45) is 0 Å². The monoisotopic (exact) mass is 317 g/mol. The fourth-order valence-electron chi connectivity index (χ4n) is 2.33. The molecule has 0 radical (unpaired) electrons. The number of amides is 1. The fourth-order valence-corrected chi connectivity index (χ4v) is 2.51. The lowest BCUT2D eigenvalue weighted by Crippen LogP contribution is -2.16. The summed E-state index contributed by atoms with van der Waals surface area (Å²) in [5.41, 5.74) is 2.74. The third kappa shape index (κ3) is 2.44. The highest BCUT2D eigenvalue weighted by atomic mass is 35.5. The number of fused-ring (bicyclic) bond motifs is 1. The lowest BCUT2D eigenvalue weighted by molar-refractivity contribution is 0.102. The van der Waals surface area contributed by atoms with Crippen molar-refractivity contribution in [3.63, 3.8) is 0 Å². The molecule has 0 aliphatic carbocycles. The van der Waals surface area contributed by atoms with Gasteiger partial charge in [0.2, 0.25) is 0 Å². The number of pyridine rings is 1. The average molecular weight is 318 g/mol. The van der Waals surface area contributed by atoms with Gasteiger partial charge in [0.15, 0.2) is 0 Å². The molecule has 0 spiro atoms. The molecule has 0 bridgehead atoms. The number of rotatable bonds is 2. The quantitative estimate of drug-likeness (QED) is 0.776. The topological polar surface area (TPSA) is 46.4 Å². The Morgan fingerprint density at radius 2 is 2.05 bits per heavy atom. The zero-order valence-corrected chi connectivity index (χ0v) is 12.8. The van der Waals surface area contributed by atoms with Crippen LogP contribution >= 0.6 is 11.6 Å². The van der Waals surface area contributed by atoms with Gasteiger partial charge in [-0.3, -0.25) is 9.20 Å². The van der Waals surface area contributed by atoms with Crippen LogP contribution in [-0.4, -0.2) is 15.3 Å². The van der Waals surface area contributed by atoms with Gasteiger partial charge in [0.1, 0.15) is 17.2 Å². The normalized spacial score (nSPS) is 10.9. The Morgan fingerprint density at radius 3 is 2.82 bits per heavy atom. The summed E-state index contributed by atoms with van der Waals surface area (Å²) >= 11 is 6.05. The van der Waals surface area contributed by atoms with E-state index in [-0.39, 0.29) is 5.91 Å². The van der Waals surface area contributed by atoms with Crippen LogP contribution in [0, 0.1) is 19.7 Å². The summed E-state index contributed by atoms with van der Waals surface area (Å²) in [6.45, 7) is 3.53. The number of carbonyl (C=O) groups excluding carboxylic acids is 1. The number of carbonyl (C=O) groups is 1. The van der Waals surface area contributed by atoms with Gasteiger partial charge in [-0.05, 0) is 43.7 Å². The minimum absolute atomic E-state index is 0.300. The molecule has 3 rings (SSSR count). The van der Waals surface area contributed by atoms with E-state index in [1.807, 2.05) is 6.92 Å². The summed E-state index contributed by atoms with van der Waals surface area (Å²) in [6.07, 6.45) is 1.25. The van der Waals surface area contributed by atoms with Crippen molar-refractivity contribution in [3.05, 3.63) is 64.3 Å². The van der Waals surface area contributed by atoms with Crippen molar-refractivity contribution < 1.29 is 9.18 Å². The first kappa shape index (κ1) is 14.5. The maximum atomic E-state index is 13.4. The van der Waals surface area contributed by atoms with E-state index in [2.05, 4.69) is 10.3 Å². The van der Waals surface area contributed by atoms with Gasteiger partial charge in [-0.15, -0.1) is 0 Å². The molecule has 1 N–H and O–H groups in total. The second kappa shape index (κ2) is 5.42. The van der Waals surface area contributed by atoms with Gasteiger partial charge in [-0.2, -0.15) is 0 Å². The Balaban J connectivity index is 2.04. The molecular formula is C16H13ClFN3O. The lowest BCUT2D eigenvalue weighted by Gasteiger charge is -2.10. The second-order valence-corrected chi connectivity index (χ2v) is 5.40. The zero-order chi connectivity index (χ0) is 15.9. The first-order chi connectivity index (χ1) is 10.5. The Hall–Kier alpha value is -2.40. The number of benzene rings is 1. The third-order valence-electron chi connectivity index (χ3n) is 3.49. The number of hydrogen-bond donors (Lipinski definition) is 1. The predicted molar refractivity (Wildman–Crippen MR) is 84.0 cm³/mol. The molecule has 112 valence electrons. The van der Waals surface area contributed by atoms with Crippen LogP contribution in [0.4, 0.5) is 10.1 Å². The van der Waals surface area contributed by atoms with Crippen molar-refractivity contribution in [1.29, 1.82) is 0 Å². The molecule has 0 aliphatic rings. The van der Waals surface area contributed by atoms with Crippen LogP contribution in [0.25, 0.3) is 5.65 Å². The predicted octanol–water partition coefficient (Wildman–Crippen LogP) is 4.00. The molecule has 0 fully saturated rings. The number of nitrogens with zero attached hydrogens (tertiary/aromatic N) is 2. The molecule has 2 aromatic heterocycles. The third-order valence-corrected chi connectivity index (χ3v) is 3.90. The lowest BCUT2D eigenvalue weighted by atomic mass is 10.2. The summed E-state index contributed by atoms with van der Waals surface area (Å²) in [5, 5.41) is 3.37. The smallest absolute Gasteiger partial charge is 0.274 e. The Bertz CT molecular complexity index is 888. The van der Waals surface area contributed by atoms with Crippen LogP contribution < -0.4 is 5.32 Å². The van der Waals surface area contributed by atoms with E-state index in [1.165, 1.54) is 22.7 Å². The number of aromatic nitrogens is 2. The SMILES string of the molecule is Cc1nc2ccc(F)cn2c1C(=O)Nc1cccc(Cl)c1C. The second-order valence-electron chi connectivity index (χ2n) is 4.99. The Morgan fingerprint density at radius 1 is 1.27 bits per heavy atom. The summed E-state index contributed by atoms with van der Waals surface area (Å²) in [7, 11) is 0. The van der Waals surface area contributed by atoms with Crippen molar-refractivity contribution in [1.82, 2.24) is 9.38 Å². The molecule has 3 aromatic rings. The van der Waals surface area contributed by atoms with Crippen LogP contribution in [0.5, 0.6) is 0 Å². The van der Waals surface area contributed by atoms with Crippen molar-refractivity contribution in [2.45, 2.75) is 13.8 Å². The minimum atomic E-state index is -0.433. The summed E-state index contributed by atoms with van der Waals surface area (Å²) in [6, 6.07) is 8.11. The van der Waals surface area contributed by atoms with Crippen LogP contribution in [0.1, 0.15) is 21.7 Å². The number of halogens is 2. The summed E-state index contributed by atoms with van der Waals surface area (Å²) < 4.78 is 14.9. The highest BCUT2D eigenvalue weighted by molar-refractivity contribution is 6.31. The van der Waals surface area contributed by atoms with E-state index in [0.29, 0.717) is 27.7 Å². The standard InChI is InChI=1S/C16H13ClFN3O/c1-9-12(17)4-3-5-13(9)20-16(22)15-10(2)19-14-7-6-11(18)8-21(14)15/h3-8H,1-2H3,(H,20,22). The molecule has 0 saturated heterocycles. The van der Waals surface area contributed by atoms with Crippen molar-refractivity contribution >= 4 is 28.8 Å². The van der Waals surface area contributed by atoms with Crippen LogP contribution in [-0.2, 0) is 0 Å². The largest absolute Gasteiger partial charge is 0.320 e. The first-order valence-electron chi connectivity index (χ1n) is 6.68. The zero-order valence-electron chi connectivity index (χ0n) is 12.0. The average Bonchev–Trinajstić information content (AvgIpc) is 2.79. The van der Waals surface area contributed by atoms with E-state index in [0.717, 1.165) is 5.56 Å². The van der Waals surface area contributed by atoms with E-state index in [1.54, 1.807) is 25.1 Å². The van der Waals surface area contributed by atoms with Gasteiger partial charge in [0, 0.05) is 16.9 Å². The van der Waals surface area contributed by atoms with Gasteiger partial charge in [-0.25, -0.2) is 9.37 Å². The number of aryl methyl sites for hydroxylation is 1. The fraction of sp³-hybridized carbons (Fsp3) is 0.125. The minimum Gasteiger partial charge on any atom is -0.320 e. The van der Waals surface area contributed by atoms with Crippen molar-refractivity contribution in [3.8, 4) is 0 Å². The number of anilines is 1. The molecule has 0 unspecified atom stereocenters. The van der Waals surface area contributed by atoms with Gasteiger partial charge < -0.3 is 5.32 Å². The molecule has 1 aromatic carbocycles. The molecule has 0 saturated carbocycles. The van der Waals surface area contributed by atoms with Gasteiger partial charge >= 0.3 is 0 Å². The Kier molecular flexibility index (Phi) is 3.58. The molecule has 22 heavy (non-hydrogen) atoms.